The van der Waals surface area contributed by atoms with Crippen molar-refractivity contribution in [1.82, 2.24) is 0 Å². The average molecular weight is 274 g/mol. The largest absolute Gasteiger partial charge is 0.493 e. The molecule has 1 fully saturated rings. The SMILES string of the molecule is CCC1(C(O)CC2CCOc3ccccc32)CCCC1. The minimum atomic E-state index is -0.161. The molecule has 0 radical (unpaired) electrons. The summed E-state index contributed by atoms with van der Waals surface area (Å²) in [4.78, 5) is 0. The maximum Gasteiger partial charge on any atom is 0.122 e. The summed E-state index contributed by atoms with van der Waals surface area (Å²) in [5.41, 5.74) is 1.48. The number of benzene rings is 1. The van der Waals surface area contributed by atoms with E-state index in [0.29, 0.717) is 5.92 Å². The van der Waals surface area contributed by atoms with Crippen LogP contribution in [0.5, 0.6) is 5.75 Å². The molecule has 1 aliphatic carbocycles. The summed E-state index contributed by atoms with van der Waals surface area (Å²) in [6, 6.07) is 8.33. The summed E-state index contributed by atoms with van der Waals surface area (Å²) in [5, 5.41) is 10.8. The molecule has 0 aromatic heterocycles. The molecular weight excluding hydrogens is 248 g/mol. The number of fused-ring (bicyclic) bond motifs is 1. The van der Waals surface area contributed by atoms with Gasteiger partial charge in [0.15, 0.2) is 0 Å². The van der Waals surface area contributed by atoms with Crippen LogP contribution in [0.4, 0.5) is 0 Å². The first kappa shape index (κ1) is 13.9. The molecule has 0 saturated heterocycles. The van der Waals surface area contributed by atoms with Crippen molar-refractivity contribution in [3.05, 3.63) is 29.8 Å². The molecule has 1 heterocycles. The molecule has 1 aromatic rings. The molecule has 110 valence electrons. The van der Waals surface area contributed by atoms with Crippen LogP contribution in [0.3, 0.4) is 0 Å². The van der Waals surface area contributed by atoms with Gasteiger partial charge in [-0.1, -0.05) is 38.0 Å². The number of aliphatic hydroxyl groups is 1. The lowest BCUT2D eigenvalue weighted by atomic mass is 9.73. The lowest BCUT2D eigenvalue weighted by Gasteiger charge is -2.36. The Hall–Kier alpha value is -1.02. The minimum Gasteiger partial charge on any atom is -0.493 e. The lowest BCUT2D eigenvalue weighted by Crippen LogP contribution is -2.34. The maximum absolute atomic E-state index is 10.8. The predicted molar refractivity (Wildman–Crippen MR) is 81.1 cm³/mol. The summed E-state index contributed by atoms with van der Waals surface area (Å²) in [7, 11) is 0. The second kappa shape index (κ2) is 5.77. The van der Waals surface area contributed by atoms with Gasteiger partial charge in [0.2, 0.25) is 0 Å². The number of hydrogen-bond acceptors (Lipinski definition) is 2. The third-order valence-electron chi connectivity index (χ3n) is 5.60. The fourth-order valence-corrected chi connectivity index (χ4v) is 4.18. The molecule has 2 atom stereocenters. The van der Waals surface area contributed by atoms with E-state index in [-0.39, 0.29) is 11.5 Å². The van der Waals surface area contributed by atoms with Crippen LogP contribution >= 0.6 is 0 Å². The van der Waals surface area contributed by atoms with Gasteiger partial charge in [-0.2, -0.15) is 0 Å². The van der Waals surface area contributed by atoms with Crippen LogP contribution in [0.15, 0.2) is 24.3 Å². The van der Waals surface area contributed by atoms with Crippen LogP contribution in [0.25, 0.3) is 0 Å². The van der Waals surface area contributed by atoms with Crippen LogP contribution in [0.1, 0.15) is 63.4 Å². The van der Waals surface area contributed by atoms with Gasteiger partial charge in [-0.3, -0.25) is 0 Å². The minimum absolute atomic E-state index is 0.161. The van der Waals surface area contributed by atoms with Gasteiger partial charge in [-0.25, -0.2) is 0 Å². The Kier molecular flexibility index (Phi) is 4.02. The summed E-state index contributed by atoms with van der Waals surface area (Å²) in [5.74, 6) is 1.48. The van der Waals surface area contributed by atoms with Gasteiger partial charge >= 0.3 is 0 Å². The summed E-state index contributed by atoms with van der Waals surface area (Å²) < 4.78 is 5.73. The van der Waals surface area contributed by atoms with Gasteiger partial charge in [0.05, 0.1) is 12.7 Å². The van der Waals surface area contributed by atoms with E-state index in [4.69, 9.17) is 4.74 Å². The second-order valence-corrected chi connectivity index (χ2v) is 6.55. The van der Waals surface area contributed by atoms with Crippen molar-refractivity contribution in [3.63, 3.8) is 0 Å². The highest BCUT2D eigenvalue weighted by Crippen LogP contribution is 2.47. The standard InChI is InChI=1S/C18H26O2/c1-2-18(10-5-6-11-18)17(19)13-14-9-12-20-16-8-4-3-7-15(14)16/h3-4,7-8,14,17,19H,2,5-6,9-13H2,1H3. The van der Waals surface area contributed by atoms with Crippen molar-refractivity contribution in [1.29, 1.82) is 0 Å². The molecule has 2 aliphatic rings. The van der Waals surface area contributed by atoms with Crippen molar-refractivity contribution < 1.29 is 9.84 Å². The highest BCUT2D eigenvalue weighted by atomic mass is 16.5. The first-order valence-electron chi connectivity index (χ1n) is 8.15. The van der Waals surface area contributed by atoms with E-state index in [0.717, 1.165) is 31.6 Å². The van der Waals surface area contributed by atoms with Gasteiger partial charge in [0.1, 0.15) is 5.75 Å². The molecule has 0 bridgehead atoms. The van der Waals surface area contributed by atoms with Gasteiger partial charge in [-0.05, 0) is 55.1 Å². The van der Waals surface area contributed by atoms with Crippen molar-refractivity contribution in [2.75, 3.05) is 6.61 Å². The highest BCUT2D eigenvalue weighted by molar-refractivity contribution is 5.37. The molecule has 0 spiro atoms. The van der Waals surface area contributed by atoms with Crippen LogP contribution in [-0.2, 0) is 0 Å². The van der Waals surface area contributed by atoms with E-state index in [9.17, 15) is 5.11 Å². The van der Waals surface area contributed by atoms with Crippen LogP contribution in [0.2, 0.25) is 0 Å². The number of rotatable bonds is 4. The first-order chi connectivity index (χ1) is 9.75. The molecule has 2 heteroatoms. The monoisotopic (exact) mass is 274 g/mol. The zero-order valence-electron chi connectivity index (χ0n) is 12.5. The third-order valence-corrected chi connectivity index (χ3v) is 5.60. The number of hydrogen-bond donors (Lipinski definition) is 1. The molecule has 2 unspecified atom stereocenters. The maximum atomic E-state index is 10.8. The number of para-hydroxylation sites is 1. The first-order valence-corrected chi connectivity index (χ1v) is 8.15. The average Bonchev–Trinajstić information content (AvgIpc) is 2.98. The fraction of sp³-hybridized carbons (Fsp3) is 0.667. The van der Waals surface area contributed by atoms with Gasteiger partial charge in [0.25, 0.3) is 0 Å². The zero-order chi connectivity index (χ0) is 14.0. The number of ether oxygens (including phenoxy) is 1. The van der Waals surface area contributed by atoms with Crippen molar-refractivity contribution in [3.8, 4) is 5.75 Å². The van der Waals surface area contributed by atoms with E-state index >= 15 is 0 Å². The Morgan fingerprint density at radius 3 is 2.80 bits per heavy atom. The molecule has 1 N–H and O–H groups in total. The van der Waals surface area contributed by atoms with Crippen LogP contribution in [-0.4, -0.2) is 17.8 Å². The van der Waals surface area contributed by atoms with Crippen LogP contribution < -0.4 is 4.74 Å². The third kappa shape index (κ3) is 2.46. The zero-order valence-corrected chi connectivity index (χ0v) is 12.5. The predicted octanol–water partition coefficient (Wildman–Crippen LogP) is 4.27. The van der Waals surface area contributed by atoms with Crippen LogP contribution in [0, 0.1) is 5.41 Å². The van der Waals surface area contributed by atoms with E-state index < -0.39 is 0 Å². The Balaban J connectivity index is 1.75. The normalized spacial score (nSPS) is 25.8. The van der Waals surface area contributed by atoms with Crippen molar-refractivity contribution >= 4 is 0 Å². The van der Waals surface area contributed by atoms with Gasteiger partial charge in [-0.15, -0.1) is 0 Å². The Bertz CT molecular complexity index is 448. The molecular formula is C18H26O2. The summed E-state index contributed by atoms with van der Waals surface area (Å²) in [6.07, 6.45) is 7.86. The van der Waals surface area contributed by atoms with Gasteiger partial charge < -0.3 is 9.84 Å². The highest BCUT2D eigenvalue weighted by Gasteiger charge is 2.40. The smallest absolute Gasteiger partial charge is 0.122 e. The summed E-state index contributed by atoms with van der Waals surface area (Å²) in [6.45, 7) is 3.03. The lowest BCUT2D eigenvalue weighted by molar-refractivity contribution is 0.0109. The summed E-state index contributed by atoms with van der Waals surface area (Å²) >= 11 is 0. The van der Waals surface area contributed by atoms with Crippen molar-refractivity contribution in [2.45, 2.75) is 63.9 Å². The molecule has 1 aliphatic heterocycles. The van der Waals surface area contributed by atoms with Gasteiger partial charge in [0, 0.05) is 0 Å². The Morgan fingerprint density at radius 1 is 1.30 bits per heavy atom. The fourth-order valence-electron chi connectivity index (χ4n) is 4.18. The van der Waals surface area contributed by atoms with E-state index in [1.165, 1.54) is 31.2 Å². The quantitative estimate of drug-likeness (QED) is 0.888. The number of aliphatic hydroxyl groups excluding tert-OH is 1. The molecule has 2 nitrogen and oxygen atoms in total. The van der Waals surface area contributed by atoms with E-state index in [1.807, 2.05) is 6.07 Å². The molecule has 0 amide bonds. The Morgan fingerprint density at radius 2 is 2.05 bits per heavy atom. The van der Waals surface area contributed by atoms with E-state index in [2.05, 4.69) is 25.1 Å². The molecule has 1 aromatic carbocycles. The Labute approximate surface area is 122 Å². The molecule has 3 rings (SSSR count). The van der Waals surface area contributed by atoms with Crippen molar-refractivity contribution in [2.24, 2.45) is 5.41 Å². The molecule has 20 heavy (non-hydrogen) atoms. The van der Waals surface area contributed by atoms with E-state index in [1.54, 1.807) is 0 Å². The molecule has 1 saturated carbocycles. The topological polar surface area (TPSA) is 29.5 Å². The second-order valence-electron chi connectivity index (χ2n) is 6.55.